The van der Waals surface area contributed by atoms with Gasteiger partial charge in [-0.25, -0.2) is 0 Å². The largest absolute Gasteiger partial charge is 0.497 e. The van der Waals surface area contributed by atoms with Crippen molar-refractivity contribution in [3.8, 4) is 5.75 Å². The molecule has 1 rings (SSSR count). The summed E-state index contributed by atoms with van der Waals surface area (Å²) < 4.78 is 10.7. The van der Waals surface area contributed by atoms with Crippen molar-refractivity contribution in [1.29, 1.82) is 0 Å². The number of rotatable bonds is 14. The van der Waals surface area contributed by atoms with Gasteiger partial charge in [-0.1, -0.05) is 57.8 Å². The van der Waals surface area contributed by atoms with Crippen LogP contribution >= 0.6 is 0 Å². The van der Waals surface area contributed by atoms with Crippen LogP contribution in [0, 0.1) is 0 Å². The van der Waals surface area contributed by atoms with E-state index in [0.717, 1.165) is 24.6 Å². The Labute approximate surface area is 160 Å². The molecule has 3 nitrogen and oxygen atoms in total. The summed E-state index contributed by atoms with van der Waals surface area (Å²) in [4.78, 5) is 2.39. The van der Waals surface area contributed by atoms with Crippen LogP contribution in [0.15, 0.2) is 60.9 Å². The second kappa shape index (κ2) is 14.1. The highest BCUT2D eigenvalue weighted by molar-refractivity contribution is 5.49. The summed E-state index contributed by atoms with van der Waals surface area (Å²) in [6.45, 7) is 7.81. The molecule has 0 amide bonds. The van der Waals surface area contributed by atoms with E-state index in [2.05, 4.69) is 36.6 Å². The molecule has 0 aliphatic heterocycles. The minimum Gasteiger partial charge on any atom is -0.497 e. The zero-order valence-electron chi connectivity index (χ0n) is 16.7. The summed E-state index contributed by atoms with van der Waals surface area (Å²) in [5.41, 5.74) is 1.21. The summed E-state index contributed by atoms with van der Waals surface area (Å²) in [5, 5.41) is 0. The first-order valence-electron chi connectivity index (χ1n) is 9.67. The number of methoxy groups -OCH3 is 2. The van der Waals surface area contributed by atoms with Gasteiger partial charge in [0.2, 0.25) is 0 Å². The topological polar surface area (TPSA) is 21.7 Å². The molecule has 0 unspecified atom stereocenters. The number of allylic oxidation sites excluding steroid dienone is 3. The number of benzene rings is 1. The van der Waals surface area contributed by atoms with Crippen LogP contribution < -0.4 is 9.64 Å². The normalized spacial score (nSPS) is 11.6. The van der Waals surface area contributed by atoms with Gasteiger partial charge in [0, 0.05) is 18.8 Å². The molecular weight excluding hydrogens is 322 g/mol. The van der Waals surface area contributed by atoms with Gasteiger partial charge in [-0.2, -0.15) is 0 Å². The molecule has 0 atom stereocenters. The maximum Gasteiger partial charge on any atom is 0.119 e. The number of ether oxygens (including phenoxy) is 2. The van der Waals surface area contributed by atoms with Gasteiger partial charge < -0.3 is 14.4 Å². The maximum atomic E-state index is 5.42. The fraction of sp³-hybridized carbons (Fsp3) is 0.478. The van der Waals surface area contributed by atoms with Crippen molar-refractivity contribution < 1.29 is 9.47 Å². The van der Waals surface area contributed by atoms with E-state index in [0.29, 0.717) is 0 Å². The van der Waals surface area contributed by atoms with Crippen LogP contribution in [-0.4, -0.2) is 27.3 Å². The van der Waals surface area contributed by atoms with Crippen molar-refractivity contribution in [3.05, 3.63) is 60.9 Å². The minimum atomic E-state index is 0.811. The molecule has 0 saturated heterocycles. The summed E-state index contributed by atoms with van der Waals surface area (Å²) >= 11 is 0. The molecule has 0 aliphatic carbocycles. The van der Waals surface area contributed by atoms with Crippen LogP contribution in [0.25, 0.3) is 0 Å². The van der Waals surface area contributed by atoms with Crippen molar-refractivity contribution in [3.63, 3.8) is 0 Å². The molecule has 3 heteroatoms. The molecule has 0 radical (unpaired) electrons. The zero-order chi connectivity index (χ0) is 19.0. The Morgan fingerprint density at radius 3 is 2.35 bits per heavy atom. The molecule has 0 spiro atoms. The third-order valence-electron chi connectivity index (χ3n) is 4.36. The van der Waals surface area contributed by atoms with Crippen molar-refractivity contribution in [2.75, 3.05) is 32.2 Å². The van der Waals surface area contributed by atoms with Gasteiger partial charge >= 0.3 is 0 Å². The van der Waals surface area contributed by atoms with Gasteiger partial charge in [0.15, 0.2) is 0 Å². The minimum absolute atomic E-state index is 0.811. The summed E-state index contributed by atoms with van der Waals surface area (Å²) in [6.07, 6.45) is 15.5. The van der Waals surface area contributed by atoms with E-state index in [1.807, 2.05) is 24.3 Å². The van der Waals surface area contributed by atoms with E-state index >= 15 is 0 Å². The molecule has 0 fully saturated rings. The Balaban J connectivity index is 2.71. The van der Waals surface area contributed by atoms with Gasteiger partial charge in [0.1, 0.15) is 11.5 Å². The van der Waals surface area contributed by atoms with Gasteiger partial charge in [-0.15, -0.1) is 0 Å². The maximum absolute atomic E-state index is 5.42. The number of hydrogen-bond donors (Lipinski definition) is 0. The Morgan fingerprint density at radius 1 is 1.04 bits per heavy atom. The molecule has 0 saturated carbocycles. The summed E-state index contributed by atoms with van der Waals surface area (Å²) in [7, 11) is 3.40. The highest BCUT2D eigenvalue weighted by Gasteiger charge is 2.06. The van der Waals surface area contributed by atoms with Gasteiger partial charge in [-0.05, 0) is 42.8 Å². The molecule has 1 aromatic carbocycles. The molecular formula is C23H35NO2. The zero-order valence-corrected chi connectivity index (χ0v) is 16.7. The van der Waals surface area contributed by atoms with Crippen LogP contribution in [0.1, 0.15) is 45.4 Å². The first-order valence-corrected chi connectivity index (χ1v) is 9.67. The molecule has 0 heterocycles. The fourth-order valence-electron chi connectivity index (χ4n) is 2.78. The van der Waals surface area contributed by atoms with Gasteiger partial charge in [-0.3, -0.25) is 0 Å². The van der Waals surface area contributed by atoms with Crippen molar-refractivity contribution >= 4 is 5.69 Å². The highest BCUT2D eigenvalue weighted by Crippen LogP contribution is 2.20. The van der Waals surface area contributed by atoms with Crippen molar-refractivity contribution in [2.24, 2.45) is 0 Å². The van der Waals surface area contributed by atoms with Crippen LogP contribution in [0.3, 0.4) is 0 Å². The average Bonchev–Trinajstić information content (AvgIpc) is 2.69. The van der Waals surface area contributed by atoms with Crippen LogP contribution in [0.5, 0.6) is 5.75 Å². The average molecular weight is 358 g/mol. The van der Waals surface area contributed by atoms with E-state index in [1.54, 1.807) is 20.3 Å². The Hall–Kier alpha value is -2.16. The Morgan fingerprint density at radius 2 is 1.73 bits per heavy atom. The van der Waals surface area contributed by atoms with Crippen LogP contribution in [0.4, 0.5) is 5.69 Å². The predicted octanol–water partition coefficient (Wildman–Crippen LogP) is 6.13. The highest BCUT2D eigenvalue weighted by atomic mass is 16.5. The standard InChI is InChI=1S/C23H35NO2/c1-5-7-9-10-11-12-19-24(20-18-22(25-3)13-8-6-2)21-14-16-23(26-4)17-15-21/h6,8,13-18H,2,5,7,9-12,19-20H2,1,3-4H3/b13-8-,22-18-. The Bertz CT molecular complexity index is 546. The van der Waals surface area contributed by atoms with Gasteiger partial charge in [0.05, 0.1) is 14.2 Å². The van der Waals surface area contributed by atoms with Crippen molar-refractivity contribution in [1.82, 2.24) is 0 Å². The number of unbranched alkanes of at least 4 members (excludes halogenated alkanes) is 5. The number of hydrogen-bond acceptors (Lipinski definition) is 3. The molecule has 26 heavy (non-hydrogen) atoms. The van der Waals surface area contributed by atoms with E-state index in [4.69, 9.17) is 9.47 Å². The van der Waals surface area contributed by atoms with E-state index in [1.165, 1.54) is 44.2 Å². The Kier molecular flexibility index (Phi) is 11.8. The molecule has 0 N–H and O–H groups in total. The second-order valence-electron chi connectivity index (χ2n) is 6.32. The lowest BCUT2D eigenvalue weighted by Crippen LogP contribution is -2.24. The quantitative estimate of drug-likeness (QED) is 0.227. The first kappa shape index (κ1) is 21.9. The SMILES string of the molecule is C=C/C=C\C(=C\CN(CCCCCCCC)c1ccc(OC)cc1)OC. The van der Waals surface area contributed by atoms with E-state index in [9.17, 15) is 0 Å². The first-order chi connectivity index (χ1) is 12.7. The molecule has 0 aromatic heterocycles. The lowest BCUT2D eigenvalue weighted by molar-refractivity contribution is 0.305. The monoisotopic (exact) mass is 357 g/mol. The third-order valence-corrected chi connectivity index (χ3v) is 4.36. The smallest absolute Gasteiger partial charge is 0.119 e. The summed E-state index contributed by atoms with van der Waals surface area (Å²) in [6, 6.07) is 8.27. The summed E-state index contributed by atoms with van der Waals surface area (Å²) in [5.74, 6) is 1.74. The van der Waals surface area contributed by atoms with E-state index in [-0.39, 0.29) is 0 Å². The lowest BCUT2D eigenvalue weighted by atomic mass is 10.1. The second-order valence-corrected chi connectivity index (χ2v) is 6.32. The third kappa shape index (κ3) is 8.80. The fourth-order valence-corrected chi connectivity index (χ4v) is 2.78. The van der Waals surface area contributed by atoms with E-state index < -0.39 is 0 Å². The van der Waals surface area contributed by atoms with Crippen molar-refractivity contribution in [2.45, 2.75) is 45.4 Å². The molecule has 144 valence electrons. The van der Waals surface area contributed by atoms with Crippen LogP contribution in [-0.2, 0) is 4.74 Å². The lowest BCUT2D eigenvalue weighted by Gasteiger charge is -2.24. The van der Waals surface area contributed by atoms with Crippen LogP contribution in [0.2, 0.25) is 0 Å². The van der Waals surface area contributed by atoms with Gasteiger partial charge in [0.25, 0.3) is 0 Å². The molecule has 0 bridgehead atoms. The number of nitrogens with zero attached hydrogens (tertiary/aromatic N) is 1. The predicted molar refractivity (Wildman–Crippen MR) is 113 cm³/mol. The molecule has 1 aromatic rings. The number of anilines is 1. The molecule has 0 aliphatic rings.